The Kier molecular flexibility index (Phi) is 6.38. The van der Waals surface area contributed by atoms with Crippen LogP contribution in [-0.2, 0) is 4.79 Å². The highest BCUT2D eigenvalue weighted by Crippen LogP contribution is 2.39. The first kappa shape index (κ1) is 23.0. The lowest BCUT2D eigenvalue weighted by Gasteiger charge is -2.37. The van der Waals surface area contributed by atoms with Gasteiger partial charge in [-0.05, 0) is 48.9 Å². The minimum absolute atomic E-state index is 0.0325. The lowest BCUT2D eigenvalue weighted by Crippen LogP contribution is -2.43. The van der Waals surface area contributed by atoms with Gasteiger partial charge in [0.05, 0.1) is 27.9 Å². The van der Waals surface area contributed by atoms with Crippen LogP contribution in [0, 0.1) is 5.92 Å². The number of anilines is 1. The molecule has 2 aliphatic rings. The van der Waals surface area contributed by atoms with Crippen molar-refractivity contribution in [2.75, 3.05) is 18.4 Å². The maximum absolute atomic E-state index is 13.8. The summed E-state index contributed by atoms with van der Waals surface area (Å²) in [4.78, 5) is 15.7. The first-order chi connectivity index (χ1) is 16.4. The highest BCUT2D eigenvalue weighted by Gasteiger charge is 2.37. The van der Waals surface area contributed by atoms with Crippen LogP contribution in [0.15, 0.2) is 72.1 Å². The number of halogens is 2. The molecule has 0 bridgehead atoms. The number of rotatable bonds is 4. The number of piperidine rings is 1. The number of nitrogens with zero attached hydrogens (tertiary/aromatic N) is 3. The Bertz CT molecular complexity index is 1230. The summed E-state index contributed by atoms with van der Waals surface area (Å²) in [5.74, 6) is 0.902. The summed E-state index contributed by atoms with van der Waals surface area (Å²) in [6.45, 7) is 3.09. The molecule has 2 atom stereocenters. The van der Waals surface area contributed by atoms with Crippen LogP contribution in [0.1, 0.15) is 43.0 Å². The van der Waals surface area contributed by atoms with Crippen molar-refractivity contribution in [2.24, 2.45) is 5.92 Å². The van der Waals surface area contributed by atoms with E-state index in [0.717, 1.165) is 35.5 Å². The fourth-order valence-electron chi connectivity index (χ4n) is 4.98. The van der Waals surface area contributed by atoms with Gasteiger partial charge in [0.15, 0.2) is 0 Å². The van der Waals surface area contributed by atoms with Gasteiger partial charge < -0.3 is 15.3 Å². The summed E-state index contributed by atoms with van der Waals surface area (Å²) in [6.07, 6.45) is 2.67. The van der Waals surface area contributed by atoms with Crippen LogP contribution in [0.4, 0.5) is 5.82 Å². The van der Waals surface area contributed by atoms with Crippen molar-refractivity contribution in [1.82, 2.24) is 14.7 Å². The summed E-state index contributed by atoms with van der Waals surface area (Å²) in [7, 11) is 0. The fourth-order valence-corrected chi connectivity index (χ4v) is 5.29. The second-order valence-electron chi connectivity index (χ2n) is 8.89. The molecule has 8 heteroatoms. The highest BCUT2D eigenvalue weighted by molar-refractivity contribution is 6.42. The van der Waals surface area contributed by atoms with E-state index in [4.69, 9.17) is 23.2 Å². The van der Waals surface area contributed by atoms with Crippen LogP contribution in [0.2, 0.25) is 10.0 Å². The average molecular weight is 497 g/mol. The molecule has 1 saturated heterocycles. The van der Waals surface area contributed by atoms with Gasteiger partial charge in [-0.3, -0.25) is 4.79 Å². The summed E-state index contributed by atoms with van der Waals surface area (Å²) >= 11 is 12.5. The first-order valence-corrected chi connectivity index (χ1v) is 12.2. The Morgan fingerprint density at radius 2 is 1.82 bits per heavy atom. The fraction of sp³-hybridized carbons (Fsp3) is 0.308. The molecule has 2 aliphatic heterocycles. The number of aliphatic hydroxyl groups excluding tert-OH is 1. The van der Waals surface area contributed by atoms with Crippen molar-refractivity contribution in [3.63, 3.8) is 0 Å². The van der Waals surface area contributed by atoms with Crippen LogP contribution < -0.4 is 5.32 Å². The number of hydrogen-bond donors (Lipinski definition) is 2. The standard InChI is InChI=1S/C26H26Cl2N4O2/c1-16-23(24(32-22(30-16)9-12-29-32)19-7-8-20(27)21(28)15-19)26(34)31-13-10-18(11-14-31)25(33)17-5-3-2-4-6-17/h2-9,12,15,18,24-25,30,33H,10-11,13-14H2,1H3. The molecule has 3 heterocycles. The summed E-state index contributed by atoms with van der Waals surface area (Å²) in [5, 5.41) is 19.5. The SMILES string of the molecule is CC1=C(C(=O)N2CCC(C(O)c3ccccc3)CC2)C(c2ccc(Cl)c(Cl)c2)n2nccc2N1. The minimum atomic E-state index is -0.522. The van der Waals surface area contributed by atoms with Gasteiger partial charge in [0.1, 0.15) is 11.9 Å². The number of fused-ring (bicyclic) bond motifs is 1. The number of hydrogen-bond acceptors (Lipinski definition) is 4. The zero-order chi connectivity index (χ0) is 23.8. The number of carbonyl (C=O) groups is 1. The van der Waals surface area contributed by atoms with Crippen molar-refractivity contribution in [1.29, 1.82) is 0 Å². The molecule has 5 rings (SSSR count). The van der Waals surface area contributed by atoms with Gasteiger partial charge in [0.25, 0.3) is 5.91 Å². The first-order valence-electron chi connectivity index (χ1n) is 11.4. The van der Waals surface area contributed by atoms with Crippen molar-refractivity contribution < 1.29 is 9.90 Å². The summed E-state index contributed by atoms with van der Waals surface area (Å²) < 4.78 is 1.81. The number of aromatic nitrogens is 2. The third-order valence-electron chi connectivity index (χ3n) is 6.81. The van der Waals surface area contributed by atoms with Crippen molar-refractivity contribution in [3.8, 4) is 0 Å². The van der Waals surface area contributed by atoms with Gasteiger partial charge in [-0.25, -0.2) is 4.68 Å². The third kappa shape index (κ3) is 4.22. The lowest BCUT2D eigenvalue weighted by molar-refractivity contribution is -0.129. The second-order valence-corrected chi connectivity index (χ2v) is 9.70. The van der Waals surface area contributed by atoms with Crippen LogP contribution in [-0.4, -0.2) is 38.8 Å². The van der Waals surface area contributed by atoms with Crippen LogP contribution >= 0.6 is 23.2 Å². The molecule has 1 aromatic heterocycles. The predicted molar refractivity (Wildman–Crippen MR) is 134 cm³/mol. The predicted octanol–water partition coefficient (Wildman–Crippen LogP) is 5.45. The van der Waals surface area contributed by atoms with Gasteiger partial charge in [-0.1, -0.05) is 59.6 Å². The Balaban J connectivity index is 1.39. The average Bonchev–Trinajstić information content (AvgIpc) is 3.33. The van der Waals surface area contributed by atoms with Gasteiger partial charge in [0, 0.05) is 24.9 Å². The van der Waals surface area contributed by atoms with Crippen LogP contribution in [0.3, 0.4) is 0 Å². The molecule has 176 valence electrons. The van der Waals surface area contributed by atoms with Gasteiger partial charge in [-0.2, -0.15) is 5.10 Å². The number of likely N-dealkylation sites (tertiary alicyclic amines) is 1. The normalized spacial score (nSPS) is 19.5. The van der Waals surface area contributed by atoms with Gasteiger partial charge in [-0.15, -0.1) is 0 Å². The molecule has 0 aliphatic carbocycles. The third-order valence-corrected chi connectivity index (χ3v) is 7.55. The van der Waals surface area contributed by atoms with E-state index in [2.05, 4.69) is 10.4 Å². The van der Waals surface area contributed by atoms with Crippen molar-refractivity contribution in [3.05, 3.63) is 93.2 Å². The minimum Gasteiger partial charge on any atom is -0.388 e. The van der Waals surface area contributed by atoms with Crippen molar-refractivity contribution >= 4 is 34.9 Å². The lowest BCUT2D eigenvalue weighted by atomic mass is 9.86. The van der Waals surface area contributed by atoms with E-state index in [-0.39, 0.29) is 11.8 Å². The molecule has 1 amide bonds. The number of allylic oxidation sites excluding steroid dienone is 1. The molecule has 1 fully saturated rings. The van der Waals surface area contributed by atoms with E-state index in [1.54, 1.807) is 18.3 Å². The largest absolute Gasteiger partial charge is 0.388 e. The molecular formula is C26H26Cl2N4O2. The highest BCUT2D eigenvalue weighted by atomic mass is 35.5. The van der Waals surface area contributed by atoms with E-state index >= 15 is 0 Å². The summed E-state index contributed by atoms with van der Waals surface area (Å²) in [6, 6.07) is 16.6. The number of aliphatic hydroxyl groups is 1. The quantitative estimate of drug-likeness (QED) is 0.503. The summed E-state index contributed by atoms with van der Waals surface area (Å²) in [5.41, 5.74) is 3.20. The topological polar surface area (TPSA) is 70.4 Å². The number of nitrogens with one attached hydrogen (secondary N) is 1. The van der Waals surface area contributed by atoms with Crippen LogP contribution in [0.5, 0.6) is 0 Å². The number of carbonyl (C=O) groups excluding carboxylic acids is 1. The smallest absolute Gasteiger partial charge is 0.254 e. The molecule has 3 aromatic rings. The monoisotopic (exact) mass is 496 g/mol. The molecular weight excluding hydrogens is 471 g/mol. The number of benzene rings is 2. The van der Waals surface area contributed by atoms with E-state index in [0.29, 0.717) is 28.7 Å². The Hall–Kier alpha value is -2.80. The molecule has 0 radical (unpaired) electrons. The molecule has 0 saturated carbocycles. The molecule has 2 aromatic carbocycles. The maximum Gasteiger partial charge on any atom is 0.254 e. The zero-order valence-corrected chi connectivity index (χ0v) is 20.3. The molecule has 2 unspecified atom stereocenters. The zero-order valence-electron chi connectivity index (χ0n) is 18.8. The van der Waals surface area contributed by atoms with E-state index < -0.39 is 12.1 Å². The Labute approximate surface area is 208 Å². The van der Waals surface area contributed by atoms with E-state index in [1.807, 2.05) is 59.0 Å². The second kappa shape index (κ2) is 9.45. The molecule has 34 heavy (non-hydrogen) atoms. The molecule has 0 spiro atoms. The molecule has 6 nitrogen and oxygen atoms in total. The Morgan fingerprint density at radius 3 is 2.53 bits per heavy atom. The maximum atomic E-state index is 13.8. The van der Waals surface area contributed by atoms with Crippen LogP contribution in [0.25, 0.3) is 0 Å². The van der Waals surface area contributed by atoms with E-state index in [1.165, 1.54) is 0 Å². The van der Waals surface area contributed by atoms with E-state index in [9.17, 15) is 9.90 Å². The number of amides is 1. The van der Waals surface area contributed by atoms with Crippen molar-refractivity contribution in [2.45, 2.75) is 31.9 Å². The Morgan fingerprint density at radius 1 is 1.09 bits per heavy atom. The molecule has 2 N–H and O–H groups in total. The van der Waals surface area contributed by atoms with Gasteiger partial charge >= 0.3 is 0 Å². The van der Waals surface area contributed by atoms with Gasteiger partial charge in [0.2, 0.25) is 0 Å².